The van der Waals surface area contributed by atoms with Crippen molar-refractivity contribution in [3.8, 4) is 5.75 Å². The van der Waals surface area contributed by atoms with Gasteiger partial charge in [-0.15, -0.1) is 0 Å². The molecule has 1 aliphatic rings. The molecule has 0 atom stereocenters. The van der Waals surface area contributed by atoms with Gasteiger partial charge < -0.3 is 4.74 Å². The summed E-state index contributed by atoms with van der Waals surface area (Å²) < 4.78 is 7.54. The van der Waals surface area contributed by atoms with E-state index in [0.29, 0.717) is 26.9 Å². The van der Waals surface area contributed by atoms with Gasteiger partial charge in [-0.2, -0.15) is 0 Å². The Morgan fingerprint density at radius 3 is 2.38 bits per heavy atom. The van der Waals surface area contributed by atoms with E-state index in [0.717, 1.165) is 29.4 Å². The Balaban J connectivity index is 1.53. The Kier molecular flexibility index (Phi) is 7.80. The van der Waals surface area contributed by atoms with Crippen molar-refractivity contribution in [1.29, 1.82) is 0 Å². The molecule has 0 saturated carbocycles. The van der Waals surface area contributed by atoms with Crippen LogP contribution in [0.1, 0.15) is 11.1 Å². The van der Waals surface area contributed by atoms with E-state index < -0.39 is 10.8 Å². The van der Waals surface area contributed by atoms with Gasteiger partial charge in [-0.25, -0.2) is 4.90 Å². The number of carbonyl (C=O) groups is 2. The summed E-state index contributed by atoms with van der Waals surface area (Å²) in [5, 5.41) is 11.1. The number of non-ortho nitro benzene ring substituents is 1. The minimum absolute atomic E-state index is 0.00777. The van der Waals surface area contributed by atoms with Gasteiger partial charge in [0.25, 0.3) is 16.8 Å². The fourth-order valence-corrected chi connectivity index (χ4v) is 6.24. The molecule has 1 aliphatic heterocycles. The maximum Gasteiger partial charge on any atom is 0.298 e. The average Bonchev–Trinajstić information content (AvgIpc) is 3.06. The number of imide groups is 1. The summed E-state index contributed by atoms with van der Waals surface area (Å²) in [6, 6.07) is 16.5. The van der Waals surface area contributed by atoms with E-state index in [-0.39, 0.29) is 17.5 Å². The minimum Gasteiger partial charge on any atom is -0.487 e. The van der Waals surface area contributed by atoms with Crippen molar-refractivity contribution < 1.29 is 19.2 Å². The van der Waals surface area contributed by atoms with Crippen molar-refractivity contribution in [2.24, 2.45) is 0 Å². The molecule has 2 amide bonds. The van der Waals surface area contributed by atoms with Crippen LogP contribution in [-0.4, -0.2) is 16.1 Å². The zero-order valence-electron chi connectivity index (χ0n) is 17.0. The second-order valence-electron chi connectivity index (χ2n) is 7.02. The predicted octanol–water partition coefficient (Wildman–Crippen LogP) is 7.28. The number of hydrogen-bond donors (Lipinski definition) is 0. The van der Waals surface area contributed by atoms with Gasteiger partial charge in [-0.3, -0.25) is 19.7 Å². The molecule has 0 N–H and O–H groups in total. The van der Waals surface area contributed by atoms with Crippen LogP contribution >= 0.6 is 68.5 Å². The number of nitro benzene ring substituents is 1. The van der Waals surface area contributed by atoms with Gasteiger partial charge in [0.05, 0.1) is 22.7 Å². The lowest BCUT2D eigenvalue weighted by Gasteiger charge is -2.12. The second kappa shape index (κ2) is 10.6. The molecule has 0 aliphatic carbocycles. The molecule has 4 rings (SSSR count). The van der Waals surface area contributed by atoms with E-state index in [9.17, 15) is 19.7 Å². The van der Waals surface area contributed by atoms with Gasteiger partial charge in [-0.05, 0) is 111 Å². The number of nitrogens with zero attached hydrogens (tertiary/aromatic N) is 2. The third kappa shape index (κ3) is 5.56. The van der Waals surface area contributed by atoms with Crippen LogP contribution in [0.4, 0.5) is 16.2 Å². The van der Waals surface area contributed by atoms with Crippen molar-refractivity contribution in [3.05, 3.63) is 99.0 Å². The molecule has 1 heterocycles. The third-order valence-electron chi connectivity index (χ3n) is 4.70. The van der Waals surface area contributed by atoms with Crippen LogP contribution in [-0.2, 0) is 11.4 Å². The smallest absolute Gasteiger partial charge is 0.298 e. The first kappa shape index (κ1) is 24.9. The van der Waals surface area contributed by atoms with E-state index in [1.165, 1.54) is 12.1 Å². The Morgan fingerprint density at radius 1 is 1.06 bits per heavy atom. The van der Waals surface area contributed by atoms with Crippen molar-refractivity contribution in [2.75, 3.05) is 4.90 Å². The fraction of sp³-hybridized carbons (Fsp3) is 0.0435. The van der Waals surface area contributed by atoms with Gasteiger partial charge in [0.2, 0.25) is 0 Å². The monoisotopic (exact) mass is 718 g/mol. The molecule has 7 nitrogen and oxygen atoms in total. The van der Waals surface area contributed by atoms with Crippen LogP contribution in [0, 0.1) is 17.3 Å². The Labute approximate surface area is 230 Å². The first-order valence-corrected chi connectivity index (χ1v) is 13.0. The standard InChI is InChI=1S/C23H13ClI2N2O5S/c24-15-4-6-16(7-5-15)27-22(29)20(34-23(27)30)11-14-9-18(25)21(19(26)10-14)33-12-13-2-1-3-17(8-13)28(31)32/h1-11H,12H2/b20-11+. The van der Waals surface area contributed by atoms with Crippen LogP contribution in [0.2, 0.25) is 5.02 Å². The quantitative estimate of drug-likeness (QED) is 0.115. The van der Waals surface area contributed by atoms with Crippen LogP contribution < -0.4 is 9.64 Å². The molecular weight excluding hydrogens is 706 g/mol. The number of thioether (sulfide) groups is 1. The number of carbonyl (C=O) groups excluding carboxylic acids is 2. The lowest BCUT2D eigenvalue weighted by Crippen LogP contribution is -2.27. The Bertz CT molecular complexity index is 1320. The van der Waals surface area contributed by atoms with Crippen molar-refractivity contribution in [3.63, 3.8) is 0 Å². The molecule has 0 spiro atoms. The number of halogens is 3. The van der Waals surface area contributed by atoms with E-state index in [4.69, 9.17) is 16.3 Å². The van der Waals surface area contributed by atoms with Crippen molar-refractivity contribution in [1.82, 2.24) is 0 Å². The number of benzene rings is 3. The summed E-state index contributed by atoms with van der Waals surface area (Å²) in [6.45, 7) is 0.174. The number of nitro groups is 1. The molecule has 34 heavy (non-hydrogen) atoms. The number of anilines is 1. The largest absolute Gasteiger partial charge is 0.487 e. The maximum absolute atomic E-state index is 12.9. The summed E-state index contributed by atoms with van der Waals surface area (Å²) in [7, 11) is 0. The van der Waals surface area contributed by atoms with Gasteiger partial charge in [0, 0.05) is 17.2 Å². The molecule has 3 aromatic carbocycles. The molecule has 3 aromatic rings. The van der Waals surface area contributed by atoms with Crippen LogP contribution in [0.15, 0.2) is 65.6 Å². The second-order valence-corrected chi connectivity index (χ2v) is 10.8. The summed E-state index contributed by atoms with van der Waals surface area (Å²) in [4.78, 5) is 37.3. The summed E-state index contributed by atoms with van der Waals surface area (Å²) in [6.07, 6.45) is 1.68. The normalized spacial score (nSPS) is 14.7. The fourth-order valence-electron chi connectivity index (χ4n) is 3.15. The van der Waals surface area contributed by atoms with E-state index in [2.05, 4.69) is 45.2 Å². The summed E-state index contributed by atoms with van der Waals surface area (Å²) >= 11 is 11.0. The van der Waals surface area contributed by atoms with Gasteiger partial charge >= 0.3 is 0 Å². The zero-order valence-corrected chi connectivity index (χ0v) is 22.9. The Morgan fingerprint density at radius 2 is 1.74 bits per heavy atom. The van der Waals surface area contributed by atoms with Crippen LogP contribution in [0.25, 0.3) is 6.08 Å². The predicted molar refractivity (Wildman–Crippen MR) is 149 cm³/mol. The lowest BCUT2D eigenvalue weighted by atomic mass is 10.2. The molecule has 0 aromatic heterocycles. The van der Waals surface area contributed by atoms with Crippen molar-refractivity contribution in [2.45, 2.75) is 6.61 Å². The number of hydrogen-bond acceptors (Lipinski definition) is 6. The van der Waals surface area contributed by atoms with Crippen LogP contribution in [0.3, 0.4) is 0 Å². The minimum atomic E-state index is -0.444. The zero-order chi connectivity index (χ0) is 24.4. The highest BCUT2D eigenvalue weighted by molar-refractivity contribution is 14.1. The topological polar surface area (TPSA) is 89.7 Å². The molecule has 172 valence electrons. The summed E-state index contributed by atoms with van der Waals surface area (Å²) in [5.41, 5.74) is 1.90. The molecule has 0 unspecified atom stereocenters. The highest BCUT2D eigenvalue weighted by Gasteiger charge is 2.36. The average molecular weight is 719 g/mol. The molecule has 1 saturated heterocycles. The van der Waals surface area contributed by atoms with Gasteiger partial charge in [-0.1, -0.05) is 23.7 Å². The molecule has 0 radical (unpaired) electrons. The molecular formula is C23H13ClI2N2O5S. The van der Waals surface area contributed by atoms with Gasteiger partial charge in [0.15, 0.2) is 0 Å². The highest BCUT2D eigenvalue weighted by Crippen LogP contribution is 2.37. The lowest BCUT2D eigenvalue weighted by molar-refractivity contribution is -0.384. The van der Waals surface area contributed by atoms with E-state index in [1.807, 2.05) is 12.1 Å². The Hall–Kier alpha value is -2.16. The molecule has 1 fully saturated rings. The third-order valence-corrected chi connectivity index (χ3v) is 7.43. The number of ether oxygens (including phenoxy) is 1. The summed E-state index contributed by atoms with van der Waals surface area (Å²) in [5.74, 6) is 0.243. The first-order valence-electron chi connectivity index (χ1n) is 9.61. The maximum atomic E-state index is 12.9. The number of amides is 2. The highest BCUT2D eigenvalue weighted by atomic mass is 127. The first-order chi connectivity index (χ1) is 16.2. The number of rotatable bonds is 6. The van der Waals surface area contributed by atoms with Crippen molar-refractivity contribution >= 4 is 97.1 Å². The molecule has 0 bridgehead atoms. The molecule has 11 heteroatoms. The van der Waals surface area contributed by atoms with E-state index >= 15 is 0 Å². The SMILES string of the molecule is O=C1S/C(=C/c2cc(I)c(OCc3cccc([N+](=O)[O-])c3)c(I)c2)C(=O)N1c1ccc(Cl)cc1. The van der Waals surface area contributed by atoms with E-state index in [1.54, 1.807) is 42.5 Å². The van der Waals surface area contributed by atoms with Gasteiger partial charge in [0.1, 0.15) is 12.4 Å². The van der Waals surface area contributed by atoms with Crippen LogP contribution in [0.5, 0.6) is 5.75 Å².